The molecule has 2 aromatic carbocycles. The lowest BCUT2D eigenvalue weighted by atomic mass is 9.76. The molecule has 4 rings (SSSR count). The van der Waals surface area contributed by atoms with Gasteiger partial charge in [0.15, 0.2) is 0 Å². The Labute approximate surface area is 157 Å². The summed E-state index contributed by atoms with van der Waals surface area (Å²) in [5.41, 5.74) is 4.41. The Kier molecular flexibility index (Phi) is 4.18. The van der Waals surface area contributed by atoms with Crippen LogP contribution < -0.4 is 5.32 Å². The molecule has 0 saturated heterocycles. The number of hydrogen-bond donors (Lipinski definition) is 1. The summed E-state index contributed by atoms with van der Waals surface area (Å²) in [5, 5.41) is 14.8. The Hall–Kier alpha value is -3.15. The number of allylic oxidation sites excluding steroid dienone is 2. The number of rotatable bonds is 3. The van der Waals surface area contributed by atoms with Crippen molar-refractivity contribution in [1.82, 2.24) is 0 Å². The molecule has 0 unspecified atom stereocenters. The molecule has 138 valence electrons. The molecule has 0 radical (unpaired) electrons. The van der Waals surface area contributed by atoms with E-state index in [2.05, 4.69) is 17.5 Å². The molecule has 2 aliphatic rings. The number of nitrogens with zero attached hydrogens (tertiary/aromatic N) is 1. The standard InChI is InChI=1S/C21H20N2O4/c1-12-15(21(24)27-2)9-10-18-16-7-4-8-17(16)20(22-19(12)18)13-5-3-6-14(11-13)23(25)26/h3-7,9-11,16-17,20,22H,8H2,1-2H3/t16-,17-,20+/m0/s1. The van der Waals surface area contributed by atoms with Crippen LogP contribution in [0.4, 0.5) is 11.4 Å². The minimum Gasteiger partial charge on any atom is -0.465 e. The number of anilines is 1. The maximum atomic E-state index is 12.1. The summed E-state index contributed by atoms with van der Waals surface area (Å²) in [6.07, 6.45) is 5.27. The molecule has 6 nitrogen and oxygen atoms in total. The van der Waals surface area contributed by atoms with Crippen LogP contribution in [-0.4, -0.2) is 18.0 Å². The van der Waals surface area contributed by atoms with E-state index < -0.39 is 0 Å². The summed E-state index contributed by atoms with van der Waals surface area (Å²) >= 11 is 0. The van der Waals surface area contributed by atoms with E-state index in [1.54, 1.807) is 12.1 Å². The van der Waals surface area contributed by atoms with Crippen LogP contribution in [0.1, 0.15) is 45.4 Å². The minimum absolute atomic E-state index is 0.0657. The number of non-ortho nitro benzene ring substituents is 1. The van der Waals surface area contributed by atoms with Crippen molar-refractivity contribution in [3.63, 3.8) is 0 Å². The molecule has 0 saturated carbocycles. The van der Waals surface area contributed by atoms with Gasteiger partial charge in [0.05, 0.1) is 23.6 Å². The number of nitrogens with one attached hydrogen (secondary N) is 1. The minimum atomic E-state index is -0.370. The number of nitro groups is 1. The second-order valence-electron chi connectivity index (χ2n) is 7.02. The van der Waals surface area contributed by atoms with E-state index in [4.69, 9.17) is 4.74 Å². The van der Waals surface area contributed by atoms with Crippen molar-refractivity contribution in [3.8, 4) is 0 Å². The molecule has 0 spiro atoms. The van der Waals surface area contributed by atoms with Gasteiger partial charge < -0.3 is 10.1 Å². The summed E-state index contributed by atoms with van der Waals surface area (Å²) in [4.78, 5) is 22.9. The molecule has 1 N–H and O–H groups in total. The normalized spacial score (nSPS) is 22.5. The zero-order chi connectivity index (χ0) is 19.1. The Morgan fingerprint density at radius 1 is 1.30 bits per heavy atom. The van der Waals surface area contributed by atoms with Gasteiger partial charge in [0.25, 0.3) is 5.69 Å². The van der Waals surface area contributed by atoms with E-state index in [9.17, 15) is 14.9 Å². The molecule has 6 heteroatoms. The van der Waals surface area contributed by atoms with Crippen molar-refractivity contribution in [2.24, 2.45) is 5.92 Å². The number of methoxy groups -OCH3 is 1. The largest absolute Gasteiger partial charge is 0.465 e. The lowest BCUT2D eigenvalue weighted by molar-refractivity contribution is -0.384. The molecule has 1 aliphatic carbocycles. The number of ether oxygens (including phenoxy) is 1. The van der Waals surface area contributed by atoms with E-state index >= 15 is 0 Å². The smallest absolute Gasteiger partial charge is 0.338 e. The van der Waals surface area contributed by atoms with E-state index in [-0.39, 0.29) is 34.5 Å². The topological polar surface area (TPSA) is 81.5 Å². The monoisotopic (exact) mass is 364 g/mol. The maximum Gasteiger partial charge on any atom is 0.338 e. The maximum absolute atomic E-state index is 12.1. The summed E-state index contributed by atoms with van der Waals surface area (Å²) in [6, 6.07) is 10.5. The van der Waals surface area contributed by atoms with Gasteiger partial charge in [-0.1, -0.05) is 30.4 Å². The van der Waals surface area contributed by atoms with Crippen molar-refractivity contribution < 1.29 is 14.5 Å². The second-order valence-corrected chi connectivity index (χ2v) is 7.02. The third-order valence-electron chi connectivity index (χ3n) is 5.64. The van der Waals surface area contributed by atoms with Crippen LogP contribution in [0.3, 0.4) is 0 Å². The molecule has 1 heterocycles. The van der Waals surface area contributed by atoms with Crippen molar-refractivity contribution in [3.05, 3.63) is 80.9 Å². The van der Waals surface area contributed by atoms with E-state index in [0.29, 0.717) is 5.56 Å². The highest BCUT2D eigenvalue weighted by Crippen LogP contribution is 2.51. The van der Waals surface area contributed by atoms with Crippen LogP contribution in [-0.2, 0) is 4.74 Å². The van der Waals surface area contributed by atoms with Gasteiger partial charge in [-0.15, -0.1) is 0 Å². The molecular formula is C21H20N2O4. The van der Waals surface area contributed by atoms with Gasteiger partial charge in [-0.3, -0.25) is 10.1 Å². The number of fused-ring (bicyclic) bond motifs is 3. The van der Waals surface area contributed by atoms with Gasteiger partial charge in [-0.05, 0) is 42.0 Å². The molecule has 0 aromatic heterocycles. The van der Waals surface area contributed by atoms with Crippen molar-refractivity contribution in [2.75, 3.05) is 12.4 Å². The van der Waals surface area contributed by atoms with Crippen molar-refractivity contribution in [2.45, 2.75) is 25.3 Å². The SMILES string of the molecule is COC(=O)c1ccc2c(c1C)N[C@H](c1cccc([N+](=O)[O-])c1)[C@H]1CC=C[C@H]21. The average Bonchev–Trinajstić information content (AvgIpc) is 3.17. The number of esters is 1. The lowest BCUT2D eigenvalue weighted by Gasteiger charge is -2.38. The Bertz CT molecular complexity index is 967. The summed E-state index contributed by atoms with van der Waals surface area (Å²) in [6.45, 7) is 1.90. The molecule has 2 aromatic rings. The molecule has 0 bridgehead atoms. The zero-order valence-corrected chi connectivity index (χ0v) is 15.1. The van der Waals surface area contributed by atoms with Gasteiger partial charge in [0.2, 0.25) is 0 Å². The first-order chi connectivity index (χ1) is 13.0. The second kappa shape index (κ2) is 6.54. The van der Waals surface area contributed by atoms with E-state index in [1.165, 1.54) is 13.2 Å². The Morgan fingerprint density at radius 2 is 2.11 bits per heavy atom. The van der Waals surface area contributed by atoms with Crippen LogP contribution in [0.25, 0.3) is 0 Å². The van der Waals surface area contributed by atoms with E-state index in [1.807, 2.05) is 25.1 Å². The Morgan fingerprint density at radius 3 is 2.85 bits per heavy atom. The van der Waals surface area contributed by atoms with Gasteiger partial charge in [0.1, 0.15) is 0 Å². The van der Waals surface area contributed by atoms with Crippen molar-refractivity contribution in [1.29, 1.82) is 0 Å². The molecule has 3 atom stereocenters. The lowest BCUT2D eigenvalue weighted by Crippen LogP contribution is -2.30. The number of hydrogen-bond acceptors (Lipinski definition) is 5. The summed E-state index contributed by atoms with van der Waals surface area (Å²) < 4.78 is 4.89. The summed E-state index contributed by atoms with van der Waals surface area (Å²) in [5.74, 6) is 0.131. The van der Waals surface area contributed by atoms with Gasteiger partial charge in [-0.25, -0.2) is 4.79 Å². The third-order valence-corrected chi connectivity index (χ3v) is 5.64. The third kappa shape index (κ3) is 2.77. The average molecular weight is 364 g/mol. The van der Waals surface area contributed by atoms with Crippen LogP contribution in [0.15, 0.2) is 48.6 Å². The fourth-order valence-corrected chi connectivity index (χ4v) is 4.31. The number of nitro benzene ring substituents is 1. The van der Waals surface area contributed by atoms with Gasteiger partial charge in [0, 0.05) is 23.7 Å². The fraction of sp³-hybridized carbons (Fsp3) is 0.286. The first kappa shape index (κ1) is 17.3. The highest BCUT2D eigenvalue weighted by Gasteiger charge is 2.39. The number of benzene rings is 2. The quantitative estimate of drug-likeness (QED) is 0.375. The Balaban J connectivity index is 1.81. The molecule has 0 fully saturated rings. The van der Waals surface area contributed by atoms with Gasteiger partial charge in [-0.2, -0.15) is 0 Å². The van der Waals surface area contributed by atoms with Crippen LogP contribution >= 0.6 is 0 Å². The van der Waals surface area contributed by atoms with Crippen LogP contribution in [0.2, 0.25) is 0 Å². The molecule has 1 aliphatic heterocycles. The van der Waals surface area contributed by atoms with Crippen molar-refractivity contribution >= 4 is 17.3 Å². The highest BCUT2D eigenvalue weighted by atomic mass is 16.6. The van der Waals surface area contributed by atoms with Crippen LogP contribution in [0.5, 0.6) is 0 Å². The molecular weight excluding hydrogens is 344 g/mol. The highest BCUT2D eigenvalue weighted by molar-refractivity contribution is 5.93. The number of carbonyl (C=O) groups is 1. The first-order valence-corrected chi connectivity index (χ1v) is 8.90. The predicted octanol–water partition coefficient (Wildman–Crippen LogP) is 4.52. The van der Waals surface area contributed by atoms with Gasteiger partial charge >= 0.3 is 5.97 Å². The predicted molar refractivity (Wildman–Crippen MR) is 102 cm³/mol. The molecule has 0 amide bonds. The van der Waals surface area contributed by atoms with E-state index in [0.717, 1.165) is 28.8 Å². The first-order valence-electron chi connectivity index (χ1n) is 8.90. The summed E-state index contributed by atoms with van der Waals surface area (Å²) in [7, 11) is 1.37. The zero-order valence-electron chi connectivity index (χ0n) is 15.1. The molecule has 27 heavy (non-hydrogen) atoms. The van der Waals surface area contributed by atoms with Crippen LogP contribution in [0, 0.1) is 23.0 Å². The fourth-order valence-electron chi connectivity index (χ4n) is 4.31. The number of carbonyl (C=O) groups excluding carboxylic acids is 1.